The second kappa shape index (κ2) is 5.13. The number of benzene rings is 1. The van der Waals surface area contributed by atoms with Crippen LogP contribution in [0.5, 0.6) is 0 Å². The smallest absolute Gasteiger partial charge is 0.194 e. The Morgan fingerprint density at radius 2 is 1.71 bits per heavy atom. The summed E-state index contributed by atoms with van der Waals surface area (Å²) in [5.74, 6) is -0.636. The number of rotatable bonds is 5. The molecule has 0 aliphatic heterocycles. The largest absolute Gasteiger partial charge is 0.349 e. The first-order valence-electron chi connectivity index (χ1n) is 4.74. The van der Waals surface area contributed by atoms with Crippen LogP contribution in [0.15, 0.2) is 30.3 Å². The Kier molecular flexibility index (Phi) is 4.11. The first-order valence-corrected chi connectivity index (χ1v) is 4.74. The highest BCUT2D eigenvalue weighted by atomic mass is 16.7. The van der Waals surface area contributed by atoms with Crippen LogP contribution in [0.4, 0.5) is 0 Å². The molecule has 0 unspecified atom stereocenters. The molecule has 77 valence electrons. The molecule has 0 N–H and O–H groups in total. The molecule has 1 radical (unpaired) electrons. The minimum absolute atomic E-state index is 0.636. The van der Waals surface area contributed by atoms with Gasteiger partial charge in [0.2, 0.25) is 0 Å². The van der Waals surface area contributed by atoms with Gasteiger partial charge >= 0.3 is 0 Å². The zero-order chi connectivity index (χ0) is 10.4. The van der Waals surface area contributed by atoms with Crippen molar-refractivity contribution in [2.24, 2.45) is 0 Å². The SMILES string of the molecule is [CH2]CCC(OC)(OC)c1ccccc1. The van der Waals surface area contributed by atoms with Gasteiger partial charge in [-0.1, -0.05) is 37.3 Å². The summed E-state index contributed by atoms with van der Waals surface area (Å²) in [7, 11) is 3.32. The molecule has 0 heterocycles. The zero-order valence-electron chi connectivity index (χ0n) is 8.82. The molecule has 1 aromatic carbocycles. The molecule has 0 atom stereocenters. The Balaban J connectivity index is 2.98. The number of hydrogen-bond acceptors (Lipinski definition) is 2. The maximum atomic E-state index is 5.45. The van der Waals surface area contributed by atoms with Crippen LogP contribution in [0.25, 0.3) is 0 Å². The average Bonchev–Trinajstić information content (AvgIpc) is 2.27. The van der Waals surface area contributed by atoms with Gasteiger partial charge in [0.15, 0.2) is 5.79 Å². The van der Waals surface area contributed by atoms with Crippen molar-refractivity contribution in [2.75, 3.05) is 14.2 Å². The lowest BCUT2D eigenvalue weighted by atomic mass is 10.0. The van der Waals surface area contributed by atoms with E-state index in [0.717, 1.165) is 18.4 Å². The van der Waals surface area contributed by atoms with Gasteiger partial charge < -0.3 is 9.47 Å². The average molecular weight is 193 g/mol. The van der Waals surface area contributed by atoms with E-state index in [-0.39, 0.29) is 0 Å². The first kappa shape index (κ1) is 11.2. The highest BCUT2D eigenvalue weighted by Gasteiger charge is 2.30. The lowest BCUT2D eigenvalue weighted by Crippen LogP contribution is -2.30. The Bertz CT molecular complexity index is 252. The number of hydrogen-bond donors (Lipinski definition) is 0. The second-order valence-electron chi connectivity index (χ2n) is 3.13. The summed E-state index contributed by atoms with van der Waals surface area (Å²) in [6, 6.07) is 9.94. The van der Waals surface area contributed by atoms with Crippen LogP contribution in [0.3, 0.4) is 0 Å². The van der Waals surface area contributed by atoms with Crippen molar-refractivity contribution in [1.29, 1.82) is 0 Å². The third-order valence-corrected chi connectivity index (χ3v) is 2.38. The lowest BCUT2D eigenvalue weighted by Gasteiger charge is -2.31. The molecule has 0 aliphatic carbocycles. The van der Waals surface area contributed by atoms with Gasteiger partial charge in [-0.2, -0.15) is 0 Å². The summed E-state index contributed by atoms with van der Waals surface area (Å²) in [5.41, 5.74) is 1.04. The summed E-state index contributed by atoms with van der Waals surface area (Å²) in [6.45, 7) is 3.83. The molecule has 0 fully saturated rings. The van der Waals surface area contributed by atoms with Gasteiger partial charge in [-0.3, -0.25) is 0 Å². The topological polar surface area (TPSA) is 18.5 Å². The van der Waals surface area contributed by atoms with Crippen LogP contribution >= 0.6 is 0 Å². The normalized spacial score (nSPS) is 11.6. The molecule has 0 bridgehead atoms. The monoisotopic (exact) mass is 193 g/mol. The van der Waals surface area contributed by atoms with Gasteiger partial charge in [-0.15, -0.1) is 0 Å². The van der Waals surface area contributed by atoms with E-state index in [1.807, 2.05) is 30.3 Å². The van der Waals surface area contributed by atoms with Crippen LogP contribution in [-0.4, -0.2) is 14.2 Å². The maximum absolute atomic E-state index is 5.45. The van der Waals surface area contributed by atoms with Gasteiger partial charge in [-0.05, 0) is 6.42 Å². The minimum Gasteiger partial charge on any atom is -0.349 e. The van der Waals surface area contributed by atoms with E-state index in [9.17, 15) is 0 Å². The van der Waals surface area contributed by atoms with E-state index >= 15 is 0 Å². The van der Waals surface area contributed by atoms with Crippen molar-refractivity contribution in [2.45, 2.75) is 18.6 Å². The van der Waals surface area contributed by atoms with Crippen molar-refractivity contribution >= 4 is 0 Å². The summed E-state index contributed by atoms with van der Waals surface area (Å²) < 4.78 is 10.9. The third kappa shape index (κ3) is 2.14. The molecule has 14 heavy (non-hydrogen) atoms. The Morgan fingerprint density at radius 3 is 2.14 bits per heavy atom. The summed E-state index contributed by atoms with van der Waals surface area (Å²) in [6.07, 6.45) is 1.53. The van der Waals surface area contributed by atoms with E-state index in [1.54, 1.807) is 14.2 Å². The number of ether oxygens (including phenoxy) is 2. The standard InChI is InChI=1S/C12H17O2/c1-4-10-12(13-2,14-3)11-8-6-5-7-9-11/h5-9H,1,4,10H2,2-3H3. The maximum Gasteiger partial charge on any atom is 0.194 e. The van der Waals surface area contributed by atoms with Crippen LogP contribution < -0.4 is 0 Å². The Labute approximate surface area is 85.8 Å². The van der Waals surface area contributed by atoms with Crippen molar-refractivity contribution in [3.8, 4) is 0 Å². The molecular formula is C12H17O2. The van der Waals surface area contributed by atoms with Crippen LogP contribution in [0.2, 0.25) is 0 Å². The summed E-state index contributed by atoms with van der Waals surface area (Å²) in [4.78, 5) is 0. The molecule has 0 amide bonds. The predicted octanol–water partition coefficient (Wildman–Crippen LogP) is 2.75. The molecule has 2 nitrogen and oxygen atoms in total. The molecule has 2 heteroatoms. The van der Waals surface area contributed by atoms with Gasteiger partial charge in [0.25, 0.3) is 0 Å². The molecule has 0 saturated carbocycles. The Morgan fingerprint density at radius 1 is 1.14 bits per heavy atom. The molecule has 1 rings (SSSR count). The van der Waals surface area contributed by atoms with E-state index < -0.39 is 5.79 Å². The predicted molar refractivity (Wildman–Crippen MR) is 56.7 cm³/mol. The van der Waals surface area contributed by atoms with Crippen molar-refractivity contribution in [1.82, 2.24) is 0 Å². The second-order valence-corrected chi connectivity index (χ2v) is 3.13. The van der Waals surface area contributed by atoms with E-state index in [1.165, 1.54) is 0 Å². The highest BCUT2D eigenvalue weighted by Crippen LogP contribution is 2.30. The highest BCUT2D eigenvalue weighted by molar-refractivity contribution is 5.20. The molecular weight excluding hydrogens is 176 g/mol. The molecule has 0 saturated heterocycles. The summed E-state index contributed by atoms with van der Waals surface area (Å²) in [5, 5.41) is 0. The fourth-order valence-electron chi connectivity index (χ4n) is 1.59. The van der Waals surface area contributed by atoms with Gasteiger partial charge in [-0.25, -0.2) is 0 Å². The number of methoxy groups -OCH3 is 2. The van der Waals surface area contributed by atoms with Gasteiger partial charge in [0.05, 0.1) is 0 Å². The van der Waals surface area contributed by atoms with Crippen LogP contribution in [0.1, 0.15) is 18.4 Å². The van der Waals surface area contributed by atoms with Crippen molar-refractivity contribution < 1.29 is 9.47 Å². The molecule has 0 spiro atoms. The van der Waals surface area contributed by atoms with E-state index in [0.29, 0.717) is 0 Å². The molecule has 0 aliphatic rings. The molecule has 1 aromatic rings. The fraction of sp³-hybridized carbons (Fsp3) is 0.417. The summed E-state index contributed by atoms with van der Waals surface area (Å²) >= 11 is 0. The Hall–Kier alpha value is -0.860. The third-order valence-electron chi connectivity index (χ3n) is 2.38. The van der Waals surface area contributed by atoms with Crippen LogP contribution in [-0.2, 0) is 15.3 Å². The van der Waals surface area contributed by atoms with Crippen molar-refractivity contribution in [3.05, 3.63) is 42.8 Å². The zero-order valence-corrected chi connectivity index (χ0v) is 8.82. The van der Waals surface area contributed by atoms with Gasteiger partial charge in [0.1, 0.15) is 0 Å². The van der Waals surface area contributed by atoms with Crippen LogP contribution in [0, 0.1) is 6.92 Å². The lowest BCUT2D eigenvalue weighted by molar-refractivity contribution is -0.219. The molecule has 0 aromatic heterocycles. The fourth-order valence-corrected chi connectivity index (χ4v) is 1.59. The van der Waals surface area contributed by atoms with Gasteiger partial charge in [0, 0.05) is 26.2 Å². The first-order chi connectivity index (χ1) is 6.79. The van der Waals surface area contributed by atoms with E-state index in [4.69, 9.17) is 9.47 Å². The van der Waals surface area contributed by atoms with E-state index in [2.05, 4.69) is 6.92 Å². The quantitative estimate of drug-likeness (QED) is 0.669. The van der Waals surface area contributed by atoms with Crippen molar-refractivity contribution in [3.63, 3.8) is 0 Å². The minimum atomic E-state index is -0.636.